The number of para-hydroxylation sites is 1. The molecule has 3 nitrogen and oxygen atoms in total. The standard InChI is InChI=1S/C31H28N3.C13H13Si.Cu/c1-21-18-22(2)29(23(3)19-21)33-20-34-30(25-14-8-5-9-15-25)28(24-12-6-4-7-13-24)32-31(34)26-16-10-11-17-27(26)33;1-14(12-8-4-2-5-9-12)13-10-6-3-7-11-13;/h4-20,28,30H,1-3H3;2-11H,1H3;/q-1;;+1/t28-,30-;;/m0../s1. The zero-order valence-electron chi connectivity index (χ0n) is 28.4. The molecular formula is C44H41CuN3Si. The Morgan fingerprint density at radius 2 is 1.06 bits per heavy atom. The minimum Gasteiger partial charge on any atom is -0.479 e. The van der Waals surface area contributed by atoms with Crippen LogP contribution in [0.2, 0.25) is 6.55 Å². The molecule has 0 N–H and O–H groups in total. The summed E-state index contributed by atoms with van der Waals surface area (Å²) >= 11 is 0. The quantitative estimate of drug-likeness (QED) is 0.132. The van der Waals surface area contributed by atoms with Crippen LogP contribution in [-0.2, 0) is 17.1 Å². The third-order valence-corrected chi connectivity index (χ3v) is 11.7. The van der Waals surface area contributed by atoms with E-state index >= 15 is 0 Å². The fourth-order valence-corrected chi connectivity index (χ4v) is 8.84. The minimum absolute atomic E-state index is 0. The largest absolute Gasteiger partial charge is 1.00 e. The Bertz CT molecular complexity index is 1950. The monoisotopic (exact) mass is 702 g/mol. The van der Waals surface area contributed by atoms with Gasteiger partial charge in [0.1, 0.15) is 14.6 Å². The number of hydrogen-bond acceptors (Lipinski definition) is 3. The Morgan fingerprint density at radius 1 is 0.592 bits per heavy atom. The first kappa shape index (κ1) is 34.2. The first-order chi connectivity index (χ1) is 23.5. The molecule has 0 aromatic heterocycles. The van der Waals surface area contributed by atoms with E-state index < -0.39 is 8.80 Å². The van der Waals surface area contributed by atoms with E-state index in [1.54, 1.807) is 0 Å². The Hall–Kier alpha value is -4.67. The molecule has 8 rings (SSSR count). The van der Waals surface area contributed by atoms with Crippen LogP contribution in [0.1, 0.15) is 45.5 Å². The third-order valence-electron chi connectivity index (χ3n) is 9.32. The van der Waals surface area contributed by atoms with Gasteiger partial charge in [0.25, 0.3) is 0 Å². The van der Waals surface area contributed by atoms with Gasteiger partial charge in [-0.05, 0) is 55.2 Å². The molecule has 0 saturated carbocycles. The van der Waals surface area contributed by atoms with Crippen molar-refractivity contribution < 1.29 is 17.1 Å². The third kappa shape index (κ3) is 7.07. The van der Waals surface area contributed by atoms with Crippen molar-refractivity contribution in [1.29, 1.82) is 0 Å². The number of fused-ring (bicyclic) bond motifs is 3. The molecule has 1 radical (unpaired) electrons. The van der Waals surface area contributed by atoms with Gasteiger partial charge >= 0.3 is 17.1 Å². The summed E-state index contributed by atoms with van der Waals surface area (Å²) in [6.45, 7) is 11.2. The number of aryl methyl sites for hydroxylation is 3. The fourth-order valence-electron chi connectivity index (χ4n) is 7.12. The van der Waals surface area contributed by atoms with Crippen LogP contribution in [0.3, 0.4) is 0 Å². The zero-order valence-corrected chi connectivity index (χ0v) is 30.3. The molecule has 6 aromatic carbocycles. The Kier molecular flexibility index (Phi) is 10.6. The predicted molar refractivity (Wildman–Crippen MR) is 204 cm³/mol. The van der Waals surface area contributed by atoms with Crippen molar-refractivity contribution in [2.45, 2.75) is 39.4 Å². The summed E-state index contributed by atoms with van der Waals surface area (Å²) in [5.41, 5.74) is 9.93. The number of anilines is 2. The molecule has 2 atom stereocenters. The predicted octanol–water partition coefficient (Wildman–Crippen LogP) is 9.35. The minimum atomic E-state index is -0.545. The summed E-state index contributed by atoms with van der Waals surface area (Å²) in [6.07, 6.45) is 0. The number of rotatable bonds is 5. The van der Waals surface area contributed by atoms with Crippen molar-refractivity contribution in [3.05, 3.63) is 198 Å². The van der Waals surface area contributed by atoms with Crippen molar-refractivity contribution in [2.24, 2.45) is 4.99 Å². The van der Waals surface area contributed by atoms with Gasteiger partial charge in [0, 0.05) is 16.9 Å². The molecule has 2 aliphatic rings. The first-order valence-corrected chi connectivity index (χ1v) is 18.7. The normalized spacial score (nSPS) is 16.1. The molecule has 2 heterocycles. The maximum atomic E-state index is 5.35. The van der Waals surface area contributed by atoms with E-state index in [0.29, 0.717) is 0 Å². The van der Waals surface area contributed by atoms with Crippen molar-refractivity contribution in [1.82, 2.24) is 4.90 Å². The van der Waals surface area contributed by atoms with Gasteiger partial charge in [-0.3, -0.25) is 4.99 Å². The van der Waals surface area contributed by atoms with Crippen LogP contribution in [0, 0.1) is 27.4 Å². The van der Waals surface area contributed by atoms with Crippen LogP contribution in [0.4, 0.5) is 11.4 Å². The summed E-state index contributed by atoms with van der Waals surface area (Å²) in [6, 6.07) is 56.3. The van der Waals surface area contributed by atoms with E-state index in [9.17, 15) is 0 Å². The second kappa shape index (κ2) is 15.3. The van der Waals surface area contributed by atoms with Gasteiger partial charge in [-0.1, -0.05) is 168 Å². The van der Waals surface area contributed by atoms with Crippen molar-refractivity contribution >= 4 is 36.4 Å². The first-order valence-electron chi connectivity index (χ1n) is 16.7. The summed E-state index contributed by atoms with van der Waals surface area (Å²) in [7, 11) is -0.545. The Balaban J connectivity index is 0.000000234. The maximum absolute atomic E-state index is 5.35. The van der Waals surface area contributed by atoms with E-state index in [1.807, 2.05) is 0 Å². The van der Waals surface area contributed by atoms with Crippen molar-refractivity contribution in [3.63, 3.8) is 0 Å². The van der Waals surface area contributed by atoms with Crippen molar-refractivity contribution in [2.75, 3.05) is 4.90 Å². The topological polar surface area (TPSA) is 18.8 Å². The van der Waals surface area contributed by atoms with E-state index in [0.717, 1.165) is 5.84 Å². The summed E-state index contributed by atoms with van der Waals surface area (Å²) in [5.74, 6) is 1.04. The van der Waals surface area contributed by atoms with Crippen LogP contribution in [0.25, 0.3) is 0 Å². The van der Waals surface area contributed by atoms with Crippen LogP contribution < -0.4 is 15.3 Å². The molecule has 0 unspecified atom stereocenters. The molecular weight excluding hydrogens is 662 g/mol. The molecule has 5 heteroatoms. The second-order valence-electron chi connectivity index (χ2n) is 12.7. The second-order valence-corrected chi connectivity index (χ2v) is 15.1. The molecule has 247 valence electrons. The molecule has 2 aliphatic heterocycles. The molecule has 0 saturated heterocycles. The van der Waals surface area contributed by atoms with E-state index in [2.05, 4.69) is 202 Å². The van der Waals surface area contributed by atoms with Gasteiger partial charge in [-0.25, -0.2) is 0 Å². The molecule has 0 fully saturated rings. The zero-order chi connectivity index (χ0) is 33.0. The number of benzene rings is 6. The van der Waals surface area contributed by atoms with Gasteiger partial charge in [0.15, 0.2) is 0 Å². The molecule has 0 aliphatic carbocycles. The molecule has 6 aromatic rings. The van der Waals surface area contributed by atoms with Crippen molar-refractivity contribution in [3.8, 4) is 0 Å². The van der Waals surface area contributed by atoms with Gasteiger partial charge in [-0.15, -0.1) is 6.67 Å². The van der Waals surface area contributed by atoms with Crippen LogP contribution >= 0.6 is 0 Å². The van der Waals surface area contributed by atoms with Gasteiger partial charge in [0.2, 0.25) is 0 Å². The smallest absolute Gasteiger partial charge is 0.479 e. The van der Waals surface area contributed by atoms with E-state index in [1.165, 1.54) is 55.1 Å². The number of amidine groups is 1. The van der Waals surface area contributed by atoms with Gasteiger partial charge in [0.05, 0.1) is 12.1 Å². The van der Waals surface area contributed by atoms with E-state index in [4.69, 9.17) is 4.99 Å². The maximum Gasteiger partial charge on any atom is 1.00 e. The SMILES string of the molecule is C[Si](c1ccccc1)c1ccccc1.Cc1cc(C)c(N2[CH-]N3C(=N[C@@H](c4ccccc4)[C@@H]3c3ccccc3)c3ccccc32)c(C)c1.[Cu+]. The molecule has 0 bridgehead atoms. The van der Waals surface area contributed by atoms with Crippen LogP contribution in [0.15, 0.2) is 163 Å². The molecule has 0 spiro atoms. The molecule has 49 heavy (non-hydrogen) atoms. The summed E-state index contributed by atoms with van der Waals surface area (Å²) in [4.78, 5) is 10.1. The van der Waals surface area contributed by atoms with Crippen LogP contribution in [-0.4, -0.2) is 19.5 Å². The summed E-state index contributed by atoms with van der Waals surface area (Å²) < 4.78 is 0. The number of nitrogens with zero attached hydrogens (tertiary/aromatic N) is 3. The summed E-state index contributed by atoms with van der Waals surface area (Å²) in [5, 5.41) is 2.95. The van der Waals surface area contributed by atoms with Crippen LogP contribution in [0.5, 0.6) is 0 Å². The number of hydrogen-bond donors (Lipinski definition) is 0. The fraction of sp³-hybridized carbons (Fsp3) is 0.136. The van der Waals surface area contributed by atoms with E-state index in [-0.39, 0.29) is 29.2 Å². The Labute approximate surface area is 304 Å². The average molecular weight is 703 g/mol. The Morgan fingerprint density at radius 3 is 1.61 bits per heavy atom. The van der Waals surface area contributed by atoms with Gasteiger partial charge in [-0.2, -0.15) is 0 Å². The average Bonchev–Trinajstić information content (AvgIpc) is 3.52. The van der Waals surface area contributed by atoms with Gasteiger partial charge < -0.3 is 9.80 Å². The molecule has 0 amide bonds. The number of aliphatic imine (C=N–C) groups is 1.